The Kier molecular flexibility index (Phi) is 5.16. The molecule has 1 amide bonds. The van der Waals surface area contributed by atoms with Crippen molar-refractivity contribution in [2.24, 2.45) is 5.92 Å². The maximum absolute atomic E-state index is 14.7. The standard InChI is InChI=1S/C22H18ClF3N2O2/c23-15-7-8-18-16(11-15)21(22(24,25)26,10-9-13-5-6-13)19(20(29)28-18)30-12-14-3-1-2-4-17(14)27/h1-4,7-8,11,13,19H,5-6,12,27H2,(H,28,29)/t19-,21-/m0/s1. The van der Waals surface area contributed by atoms with E-state index in [1.165, 1.54) is 18.2 Å². The summed E-state index contributed by atoms with van der Waals surface area (Å²) in [6.45, 7) is -0.274. The summed E-state index contributed by atoms with van der Waals surface area (Å²) in [4.78, 5) is 12.8. The van der Waals surface area contributed by atoms with Crippen molar-refractivity contribution < 1.29 is 22.7 Å². The predicted molar refractivity (Wildman–Crippen MR) is 108 cm³/mol. The zero-order chi connectivity index (χ0) is 21.5. The molecule has 3 N–H and O–H groups in total. The number of hydrogen-bond acceptors (Lipinski definition) is 3. The lowest BCUT2D eigenvalue weighted by molar-refractivity contribution is -0.208. The number of alkyl halides is 3. The Balaban J connectivity index is 1.84. The van der Waals surface area contributed by atoms with Crippen LogP contribution >= 0.6 is 11.6 Å². The minimum Gasteiger partial charge on any atom is -0.398 e. The Morgan fingerprint density at radius 2 is 1.97 bits per heavy atom. The second kappa shape index (κ2) is 7.53. The van der Waals surface area contributed by atoms with E-state index in [0.717, 1.165) is 12.8 Å². The van der Waals surface area contributed by atoms with E-state index in [1.54, 1.807) is 24.3 Å². The quantitative estimate of drug-likeness (QED) is 0.545. The molecule has 2 aliphatic rings. The number of benzene rings is 2. The van der Waals surface area contributed by atoms with Gasteiger partial charge in [0, 0.05) is 33.4 Å². The molecule has 2 aromatic rings. The van der Waals surface area contributed by atoms with E-state index in [2.05, 4.69) is 17.2 Å². The molecule has 0 bridgehead atoms. The molecular weight excluding hydrogens is 417 g/mol. The number of nitrogens with two attached hydrogens (primary N) is 1. The monoisotopic (exact) mass is 434 g/mol. The van der Waals surface area contributed by atoms with Crippen molar-refractivity contribution in [3.63, 3.8) is 0 Å². The molecule has 0 aromatic heterocycles. The maximum Gasteiger partial charge on any atom is 0.412 e. The van der Waals surface area contributed by atoms with Crippen LogP contribution in [-0.4, -0.2) is 18.2 Å². The first-order valence-electron chi connectivity index (χ1n) is 9.37. The van der Waals surface area contributed by atoms with Crippen molar-refractivity contribution in [3.05, 3.63) is 58.6 Å². The Hall–Kier alpha value is -2.69. The number of hydrogen-bond donors (Lipinski definition) is 2. The molecule has 4 nitrogen and oxygen atoms in total. The topological polar surface area (TPSA) is 64.3 Å². The van der Waals surface area contributed by atoms with Crippen LogP contribution in [0.4, 0.5) is 24.5 Å². The maximum atomic E-state index is 14.7. The second-order valence-electron chi connectivity index (χ2n) is 7.42. The molecule has 30 heavy (non-hydrogen) atoms. The van der Waals surface area contributed by atoms with Gasteiger partial charge in [0.05, 0.1) is 6.61 Å². The summed E-state index contributed by atoms with van der Waals surface area (Å²) in [5.74, 6) is 4.07. The third kappa shape index (κ3) is 3.62. The molecule has 2 atom stereocenters. The van der Waals surface area contributed by atoms with E-state index in [9.17, 15) is 18.0 Å². The summed E-state index contributed by atoms with van der Waals surface area (Å²) in [7, 11) is 0. The van der Waals surface area contributed by atoms with Crippen molar-refractivity contribution in [2.45, 2.75) is 37.1 Å². The van der Waals surface area contributed by atoms with Gasteiger partial charge in [-0.25, -0.2) is 0 Å². The fourth-order valence-electron chi connectivity index (χ4n) is 3.48. The van der Waals surface area contributed by atoms with Gasteiger partial charge < -0.3 is 15.8 Å². The predicted octanol–water partition coefficient (Wildman–Crippen LogP) is 4.67. The SMILES string of the molecule is Nc1ccccc1CO[C@H]1C(=O)Nc2ccc(Cl)cc2[C@]1(C#CC1CC1)C(F)(F)F. The van der Waals surface area contributed by atoms with Gasteiger partial charge in [-0.2, -0.15) is 13.2 Å². The van der Waals surface area contributed by atoms with Crippen LogP contribution in [0, 0.1) is 17.8 Å². The molecule has 1 aliphatic carbocycles. The number of nitrogens with one attached hydrogen (secondary N) is 1. The molecule has 1 saturated carbocycles. The molecule has 2 aromatic carbocycles. The van der Waals surface area contributed by atoms with Gasteiger partial charge in [0.2, 0.25) is 0 Å². The molecule has 0 unspecified atom stereocenters. The van der Waals surface area contributed by atoms with E-state index in [-0.39, 0.29) is 28.8 Å². The van der Waals surface area contributed by atoms with Gasteiger partial charge in [-0.05, 0) is 37.1 Å². The number of ether oxygens (including phenoxy) is 1. The summed E-state index contributed by atoms with van der Waals surface area (Å²) in [5.41, 5.74) is 3.67. The van der Waals surface area contributed by atoms with Crippen molar-refractivity contribution >= 4 is 28.9 Å². The molecule has 0 spiro atoms. The third-order valence-electron chi connectivity index (χ3n) is 5.25. The van der Waals surface area contributed by atoms with E-state index in [1.807, 2.05) is 0 Å². The van der Waals surface area contributed by atoms with Crippen molar-refractivity contribution in [1.82, 2.24) is 0 Å². The van der Waals surface area contributed by atoms with Gasteiger partial charge >= 0.3 is 6.18 Å². The lowest BCUT2D eigenvalue weighted by Gasteiger charge is -2.41. The van der Waals surface area contributed by atoms with Gasteiger partial charge in [-0.3, -0.25) is 4.79 Å². The Morgan fingerprint density at radius 3 is 2.63 bits per heavy atom. The molecule has 0 radical (unpaired) electrons. The Bertz CT molecular complexity index is 1060. The lowest BCUT2D eigenvalue weighted by atomic mass is 9.71. The van der Waals surface area contributed by atoms with Crippen LogP contribution < -0.4 is 11.1 Å². The zero-order valence-corrected chi connectivity index (χ0v) is 16.5. The number of amides is 1. The van der Waals surface area contributed by atoms with Crippen molar-refractivity contribution in [3.8, 4) is 11.8 Å². The van der Waals surface area contributed by atoms with E-state index < -0.39 is 23.6 Å². The number of anilines is 2. The molecule has 156 valence electrons. The molecule has 8 heteroatoms. The molecular formula is C22H18ClF3N2O2. The number of para-hydroxylation sites is 1. The minimum absolute atomic E-state index is 0.0193. The lowest BCUT2D eigenvalue weighted by Crippen LogP contribution is -2.59. The van der Waals surface area contributed by atoms with Crippen LogP contribution in [-0.2, 0) is 21.6 Å². The molecule has 0 saturated heterocycles. The second-order valence-corrected chi connectivity index (χ2v) is 7.85. The number of carbonyl (C=O) groups is 1. The average Bonchev–Trinajstić information content (AvgIpc) is 3.50. The fourth-order valence-corrected chi connectivity index (χ4v) is 3.65. The van der Waals surface area contributed by atoms with Gasteiger partial charge in [0.15, 0.2) is 11.5 Å². The summed E-state index contributed by atoms with van der Waals surface area (Å²) in [6, 6.07) is 10.6. The van der Waals surface area contributed by atoms with E-state index in [4.69, 9.17) is 22.1 Å². The fraction of sp³-hybridized carbons (Fsp3) is 0.318. The number of carbonyl (C=O) groups excluding carboxylic acids is 1. The van der Waals surface area contributed by atoms with Crippen LogP contribution in [0.15, 0.2) is 42.5 Å². The molecule has 1 aliphatic heterocycles. The van der Waals surface area contributed by atoms with Gasteiger partial charge in [-0.15, -0.1) is 0 Å². The van der Waals surface area contributed by atoms with E-state index in [0.29, 0.717) is 11.3 Å². The summed E-state index contributed by atoms with van der Waals surface area (Å²) < 4.78 is 49.6. The first kappa shape index (κ1) is 20.6. The number of rotatable bonds is 3. The highest BCUT2D eigenvalue weighted by molar-refractivity contribution is 6.30. The summed E-state index contributed by atoms with van der Waals surface area (Å²) in [6.07, 6.45) is -5.34. The van der Waals surface area contributed by atoms with Gasteiger partial charge in [-0.1, -0.05) is 41.6 Å². The largest absolute Gasteiger partial charge is 0.412 e. The van der Waals surface area contributed by atoms with Crippen LogP contribution in [0.25, 0.3) is 0 Å². The number of fused-ring (bicyclic) bond motifs is 1. The minimum atomic E-state index is -4.89. The van der Waals surface area contributed by atoms with Crippen molar-refractivity contribution in [1.29, 1.82) is 0 Å². The van der Waals surface area contributed by atoms with Crippen LogP contribution in [0.3, 0.4) is 0 Å². The first-order chi connectivity index (χ1) is 14.2. The highest BCUT2D eigenvalue weighted by Crippen LogP contribution is 2.51. The normalized spacial score (nSPS) is 23.2. The summed E-state index contributed by atoms with van der Waals surface area (Å²) >= 11 is 6.02. The molecule has 1 heterocycles. The first-order valence-corrected chi connectivity index (χ1v) is 9.75. The Morgan fingerprint density at radius 1 is 1.23 bits per heavy atom. The third-order valence-corrected chi connectivity index (χ3v) is 5.49. The number of nitrogen functional groups attached to an aromatic ring is 1. The van der Waals surface area contributed by atoms with E-state index >= 15 is 0 Å². The number of halogens is 4. The summed E-state index contributed by atoms with van der Waals surface area (Å²) in [5, 5.41) is 2.61. The van der Waals surface area contributed by atoms with Crippen LogP contribution in [0.1, 0.15) is 24.0 Å². The van der Waals surface area contributed by atoms with Crippen LogP contribution in [0.5, 0.6) is 0 Å². The van der Waals surface area contributed by atoms with Gasteiger partial charge in [0.1, 0.15) is 0 Å². The Labute approximate surface area is 176 Å². The van der Waals surface area contributed by atoms with Crippen molar-refractivity contribution in [2.75, 3.05) is 11.1 Å². The average molecular weight is 435 g/mol. The molecule has 1 fully saturated rings. The zero-order valence-electron chi connectivity index (χ0n) is 15.7. The smallest absolute Gasteiger partial charge is 0.398 e. The molecule has 4 rings (SSSR count). The van der Waals surface area contributed by atoms with Crippen LogP contribution in [0.2, 0.25) is 5.02 Å². The highest BCUT2D eigenvalue weighted by Gasteiger charge is 2.65. The highest BCUT2D eigenvalue weighted by atomic mass is 35.5. The van der Waals surface area contributed by atoms with Gasteiger partial charge in [0.25, 0.3) is 5.91 Å².